The number of carbonyl (C=O) groups is 1. The van der Waals surface area contributed by atoms with Crippen LogP contribution in [0.5, 0.6) is 5.75 Å². The first-order valence-corrected chi connectivity index (χ1v) is 6.13. The van der Waals surface area contributed by atoms with Gasteiger partial charge < -0.3 is 15.2 Å². The van der Waals surface area contributed by atoms with E-state index >= 15 is 0 Å². The van der Waals surface area contributed by atoms with Crippen molar-refractivity contribution in [2.24, 2.45) is 0 Å². The van der Waals surface area contributed by atoms with Gasteiger partial charge in [0, 0.05) is 16.1 Å². The number of ether oxygens (including phenoxy) is 1. The third-order valence-corrected chi connectivity index (χ3v) is 2.49. The minimum atomic E-state index is -0.174. The Morgan fingerprint density at radius 1 is 1.53 bits per heavy atom. The standard InChI is InChI=1S/C12H16BrNO3/c1-8(2)14-12(16)7-17-11-4-3-10(13)5-9(11)6-15/h3-5,8,15H,6-7H2,1-2H3,(H,14,16). The molecule has 1 aromatic rings. The van der Waals surface area contributed by atoms with Gasteiger partial charge in [0.1, 0.15) is 5.75 Å². The van der Waals surface area contributed by atoms with Crippen molar-refractivity contribution >= 4 is 21.8 Å². The Kier molecular flexibility index (Phi) is 5.44. The summed E-state index contributed by atoms with van der Waals surface area (Å²) in [5.41, 5.74) is 0.650. The molecule has 5 heteroatoms. The van der Waals surface area contributed by atoms with Gasteiger partial charge in [-0.3, -0.25) is 4.79 Å². The highest BCUT2D eigenvalue weighted by Gasteiger charge is 2.07. The molecular formula is C12H16BrNO3. The number of rotatable bonds is 5. The highest BCUT2D eigenvalue weighted by Crippen LogP contribution is 2.23. The summed E-state index contributed by atoms with van der Waals surface area (Å²) in [6, 6.07) is 5.37. The normalized spacial score (nSPS) is 10.4. The van der Waals surface area contributed by atoms with Crippen LogP contribution in [0.25, 0.3) is 0 Å². The SMILES string of the molecule is CC(C)NC(=O)COc1ccc(Br)cc1CO. The minimum Gasteiger partial charge on any atom is -0.483 e. The number of hydrogen-bond acceptors (Lipinski definition) is 3. The van der Waals surface area contributed by atoms with Crippen LogP contribution >= 0.6 is 15.9 Å². The molecule has 0 saturated heterocycles. The smallest absolute Gasteiger partial charge is 0.258 e. The van der Waals surface area contributed by atoms with Gasteiger partial charge in [0.05, 0.1) is 6.61 Å². The molecule has 4 nitrogen and oxygen atoms in total. The molecular weight excluding hydrogens is 286 g/mol. The summed E-state index contributed by atoms with van der Waals surface area (Å²) < 4.78 is 6.21. The van der Waals surface area contributed by atoms with Crippen LogP contribution in [-0.2, 0) is 11.4 Å². The number of benzene rings is 1. The topological polar surface area (TPSA) is 58.6 Å². The molecule has 2 N–H and O–H groups in total. The van der Waals surface area contributed by atoms with Crippen LogP contribution in [0, 0.1) is 0 Å². The highest BCUT2D eigenvalue weighted by atomic mass is 79.9. The largest absolute Gasteiger partial charge is 0.483 e. The molecule has 0 saturated carbocycles. The molecule has 0 aliphatic carbocycles. The molecule has 0 aliphatic heterocycles. The van der Waals surface area contributed by atoms with Gasteiger partial charge in [-0.1, -0.05) is 15.9 Å². The van der Waals surface area contributed by atoms with Gasteiger partial charge in [-0.05, 0) is 32.0 Å². The fourth-order valence-electron chi connectivity index (χ4n) is 1.32. The van der Waals surface area contributed by atoms with Crippen molar-refractivity contribution in [3.63, 3.8) is 0 Å². The maximum Gasteiger partial charge on any atom is 0.258 e. The van der Waals surface area contributed by atoms with Gasteiger partial charge in [0.25, 0.3) is 5.91 Å². The second-order valence-corrected chi connectivity index (χ2v) is 4.84. The summed E-state index contributed by atoms with van der Waals surface area (Å²) in [4.78, 5) is 11.4. The van der Waals surface area contributed by atoms with Crippen molar-refractivity contribution in [3.05, 3.63) is 28.2 Å². The molecule has 0 unspecified atom stereocenters. The number of carbonyl (C=O) groups excluding carboxylic acids is 1. The van der Waals surface area contributed by atoms with Crippen LogP contribution in [0.15, 0.2) is 22.7 Å². The molecule has 94 valence electrons. The quantitative estimate of drug-likeness (QED) is 0.872. The van der Waals surface area contributed by atoms with E-state index in [1.807, 2.05) is 13.8 Å². The van der Waals surface area contributed by atoms with E-state index in [0.29, 0.717) is 11.3 Å². The van der Waals surface area contributed by atoms with Crippen LogP contribution < -0.4 is 10.1 Å². The van der Waals surface area contributed by atoms with Crippen molar-refractivity contribution in [1.82, 2.24) is 5.32 Å². The lowest BCUT2D eigenvalue weighted by Crippen LogP contribution is -2.34. The van der Waals surface area contributed by atoms with Crippen LogP contribution in [0.4, 0.5) is 0 Å². The first-order chi connectivity index (χ1) is 8.02. The molecule has 0 atom stereocenters. The Morgan fingerprint density at radius 3 is 2.82 bits per heavy atom. The molecule has 1 rings (SSSR count). The first kappa shape index (κ1) is 14.0. The lowest BCUT2D eigenvalue weighted by Gasteiger charge is -2.12. The fourth-order valence-corrected chi connectivity index (χ4v) is 1.73. The zero-order valence-corrected chi connectivity index (χ0v) is 11.5. The third kappa shape index (κ3) is 4.75. The highest BCUT2D eigenvalue weighted by molar-refractivity contribution is 9.10. The molecule has 1 amide bonds. The number of halogens is 1. The van der Waals surface area contributed by atoms with E-state index in [4.69, 9.17) is 9.84 Å². The Bertz CT molecular complexity index is 393. The monoisotopic (exact) mass is 301 g/mol. The molecule has 0 radical (unpaired) electrons. The Hall–Kier alpha value is -1.07. The number of hydrogen-bond donors (Lipinski definition) is 2. The maximum absolute atomic E-state index is 11.4. The van der Waals surface area contributed by atoms with Crippen LogP contribution in [0.2, 0.25) is 0 Å². The zero-order valence-electron chi connectivity index (χ0n) is 9.87. The van der Waals surface area contributed by atoms with Crippen molar-refractivity contribution in [2.75, 3.05) is 6.61 Å². The molecule has 0 fully saturated rings. The summed E-state index contributed by atoms with van der Waals surface area (Å²) in [7, 11) is 0. The van der Waals surface area contributed by atoms with E-state index in [2.05, 4.69) is 21.2 Å². The van der Waals surface area contributed by atoms with Crippen molar-refractivity contribution in [1.29, 1.82) is 0 Å². The van der Waals surface area contributed by atoms with E-state index in [-0.39, 0.29) is 25.2 Å². The lowest BCUT2D eigenvalue weighted by atomic mass is 10.2. The van der Waals surface area contributed by atoms with E-state index in [1.54, 1.807) is 18.2 Å². The zero-order chi connectivity index (χ0) is 12.8. The summed E-state index contributed by atoms with van der Waals surface area (Å²) in [5, 5.41) is 11.9. The van der Waals surface area contributed by atoms with Crippen LogP contribution in [0.3, 0.4) is 0 Å². The van der Waals surface area contributed by atoms with Crippen LogP contribution in [0.1, 0.15) is 19.4 Å². The Labute approximate surface area is 109 Å². The number of aliphatic hydroxyl groups excluding tert-OH is 1. The van der Waals surface area contributed by atoms with Gasteiger partial charge in [-0.15, -0.1) is 0 Å². The van der Waals surface area contributed by atoms with E-state index in [0.717, 1.165) is 4.47 Å². The van der Waals surface area contributed by atoms with E-state index in [9.17, 15) is 4.79 Å². The van der Waals surface area contributed by atoms with Gasteiger partial charge in [0.2, 0.25) is 0 Å². The van der Waals surface area contributed by atoms with Gasteiger partial charge in [-0.25, -0.2) is 0 Å². The number of amides is 1. The lowest BCUT2D eigenvalue weighted by molar-refractivity contribution is -0.123. The maximum atomic E-state index is 11.4. The second kappa shape index (κ2) is 6.61. The van der Waals surface area contributed by atoms with Gasteiger partial charge in [0.15, 0.2) is 6.61 Å². The predicted molar refractivity (Wildman–Crippen MR) is 68.8 cm³/mol. The molecule has 0 bridgehead atoms. The number of nitrogens with one attached hydrogen (secondary N) is 1. The molecule has 17 heavy (non-hydrogen) atoms. The van der Waals surface area contributed by atoms with E-state index < -0.39 is 0 Å². The van der Waals surface area contributed by atoms with Gasteiger partial charge >= 0.3 is 0 Å². The summed E-state index contributed by atoms with van der Waals surface area (Å²) in [6.07, 6.45) is 0. The Balaban J connectivity index is 2.60. The molecule has 0 spiro atoms. The Morgan fingerprint density at radius 2 is 2.24 bits per heavy atom. The second-order valence-electron chi connectivity index (χ2n) is 3.92. The molecule has 0 aromatic heterocycles. The van der Waals surface area contributed by atoms with Crippen molar-refractivity contribution in [2.45, 2.75) is 26.5 Å². The van der Waals surface area contributed by atoms with E-state index in [1.165, 1.54) is 0 Å². The molecule has 0 aliphatic rings. The third-order valence-electron chi connectivity index (χ3n) is 2.00. The minimum absolute atomic E-state index is 0.0488. The summed E-state index contributed by atoms with van der Waals surface area (Å²) in [5.74, 6) is 0.349. The molecule has 0 heterocycles. The van der Waals surface area contributed by atoms with Crippen molar-refractivity contribution < 1.29 is 14.6 Å². The average Bonchev–Trinajstić information content (AvgIpc) is 2.26. The van der Waals surface area contributed by atoms with Crippen LogP contribution in [-0.4, -0.2) is 23.7 Å². The predicted octanol–water partition coefficient (Wildman–Crippen LogP) is 1.84. The summed E-state index contributed by atoms with van der Waals surface area (Å²) >= 11 is 3.30. The van der Waals surface area contributed by atoms with Crippen molar-refractivity contribution in [3.8, 4) is 5.75 Å². The average molecular weight is 302 g/mol. The number of aliphatic hydroxyl groups is 1. The summed E-state index contributed by atoms with van der Waals surface area (Å²) in [6.45, 7) is 3.60. The first-order valence-electron chi connectivity index (χ1n) is 5.34. The van der Waals surface area contributed by atoms with Gasteiger partial charge in [-0.2, -0.15) is 0 Å². The molecule has 1 aromatic carbocycles. The fraction of sp³-hybridized carbons (Fsp3) is 0.417.